The summed E-state index contributed by atoms with van der Waals surface area (Å²) < 4.78 is 5.17. The van der Waals surface area contributed by atoms with Gasteiger partial charge in [0.2, 0.25) is 5.91 Å². The number of hydrogen-bond donors (Lipinski definition) is 0. The van der Waals surface area contributed by atoms with Crippen LogP contribution in [-0.4, -0.2) is 18.9 Å². The molecule has 4 nitrogen and oxygen atoms in total. The van der Waals surface area contributed by atoms with Crippen LogP contribution >= 0.6 is 0 Å². The molecule has 2 amide bonds. The molecule has 0 fully saturated rings. The first-order chi connectivity index (χ1) is 12.7. The van der Waals surface area contributed by atoms with E-state index in [1.807, 2.05) is 48.5 Å². The number of carbonyl (C=O) groups excluding carboxylic acids is 2. The first-order valence-corrected chi connectivity index (χ1v) is 8.37. The van der Waals surface area contributed by atoms with Crippen molar-refractivity contribution in [1.29, 1.82) is 0 Å². The van der Waals surface area contributed by atoms with Gasteiger partial charge in [-0.15, -0.1) is 0 Å². The van der Waals surface area contributed by atoms with Crippen LogP contribution < -0.4 is 9.64 Å². The molecular formula is C22H17NO3. The van der Waals surface area contributed by atoms with Gasteiger partial charge >= 0.3 is 0 Å². The highest BCUT2D eigenvalue weighted by Gasteiger charge is 2.40. The summed E-state index contributed by atoms with van der Waals surface area (Å²) in [6.45, 7) is 0. The molecule has 3 aromatic carbocycles. The molecule has 0 spiro atoms. The second-order valence-electron chi connectivity index (χ2n) is 6.11. The zero-order chi connectivity index (χ0) is 18.1. The van der Waals surface area contributed by atoms with Crippen LogP contribution in [0.5, 0.6) is 5.75 Å². The third-order valence-corrected chi connectivity index (χ3v) is 4.64. The van der Waals surface area contributed by atoms with Gasteiger partial charge in [-0.1, -0.05) is 48.5 Å². The number of carbonyl (C=O) groups is 2. The molecule has 1 heterocycles. The van der Waals surface area contributed by atoms with Crippen molar-refractivity contribution in [3.8, 4) is 5.75 Å². The van der Waals surface area contributed by atoms with E-state index in [1.165, 1.54) is 4.90 Å². The Morgan fingerprint density at radius 3 is 2.15 bits per heavy atom. The van der Waals surface area contributed by atoms with Crippen LogP contribution in [0.1, 0.15) is 27.4 Å². The van der Waals surface area contributed by atoms with Gasteiger partial charge in [-0.2, -0.15) is 0 Å². The van der Waals surface area contributed by atoms with E-state index < -0.39 is 5.92 Å². The maximum atomic E-state index is 13.3. The molecule has 3 aromatic rings. The van der Waals surface area contributed by atoms with Gasteiger partial charge < -0.3 is 4.74 Å². The average molecular weight is 343 g/mol. The number of imide groups is 1. The molecule has 4 rings (SSSR count). The SMILES string of the molecule is COc1ccc(N2C(=O)c3ccccc3C(c3ccccc3)C2=O)cc1. The first-order valence-electron chi connectivity index (χ1n) is 8.37. The van der Waals surface area contributed by atoms with E-state index in [0.29, 0.717) is 17.0 Å². The third-order valence-electron chi connectivity index (χ3n) is 4.64. The topological polar surface area (TPSA) is 46.6 Å². The van der Waals surface area contributed by atoms with E-state index in [1.54, 1.807) is 37.4 Å². The van der Waals surface area contributed by atoms with E-state index in [9.17, 15) is 9.59 Å². The highest BCUT2D eigenvalue weighted by atomic mass is 16.5. The molecule has 0 aliphatic carbocycles. The van der Waals surface area contributed by atoms with E-state index >= 15 is 0 Å². The summed E-state index contributed by atoms with van der Waals surface area (Å²) in [7, 11) is 1.58. The van der Waals surface area contributed by atoms with Crippen LogP contribution in [0.4, 0.5) is 5.69 Å². The number of hydrogen-bond acceptors (Lipinski definition) is 3. The standard InChI is InChI=1S/C22H17NO3/c1-26-17-13-11-16(12-14-17)23-21(24)19-10-6-5-9-18(19)20(22(23)25)15-7-3-2-4-8-15/h2-14,20H,1H3. The molecule has 4 heteroatoms. The summed E-state index contributed by atoms with van der Waals surface area (Å²) in [4.78, 5) is 27.6. The number of amides is 2. The zero-order valence-corrected chi connectivity index (χ0v) is 14.3. The summed E-state index contributed by atoms with van der Waals surface area (Å²) in [5.74, 6) is -0.383. The molecule has 1 aliphatic rings. The van der Waals surface area contributed by atoms with Crippen LogP contribution in [-0.2, 0) is 4.79 Å². The molecule has 1 unspecified atom stereocenters. The number of nitrogens with zero attached hydrogens (tertiary/aromatic N) is 1. The molecule has 1 aliphatic heterocycles. The van der Waals surface area contributed by atoms with Crippen molar-refractivity contribution in [2.75, 3.05) is 12.0 Å². The number of fused-ring (bicyclic) bond motifs is 1. The predicted molar refractivity (Wildman–Crippen MR) is 99.5 cm³/mol. The highest BCUT2D eigenvalue weighted by Crippen LogP contribution is 2.37. The van der Waals surface area contributed by atoms with Gasteiger partial charge in [-0.25, -0.2) is 4.90 Å². The lowest BCUT2D eigenvalue weighted by Gasteiger charge is -2.32. The monoisotopic (exact) mass is 343 g/mol. The van der Waals surface area contributed by atoms with Crippen molar-refractivity contribution in [2.45, 2.75) is 5.92 Å². The lowest BCUT2D eigenvalue weighted by molar-refractivity contribution is -0.118. The fourth-order valence-corrected chi connectivity index (χ4v) is 3.37. The van der Waals surface area contributed by atoms with Crippen molar-refractivity contribution >= 4 is 17.5 Å². The Morgan fingerprint density at radius 2 is 1.46 bits per heavy atom. The Bertz CT molecular complexity index is 964. The minimum absolute atomic E-state index is 0.245. The number of ether oxygens (including phenoxy) is 1. The van der Waals surface area contributed by atoms with E-state index in [0.717, 1.165) is 11.1 Å². The van der Waals surface area contributed by atoms with Gasteiger partial charge in [0.1, 0.15) is 5.75 Å². The Labute approximate surface area is 151 Å². The highest BCUT2D eigenvalue weighted by molar-refractivity contribution is 6.26. The predicted octanol–water partition coefficient (Wildman–Crippen LogP) is 4.01. The quantitative estimate of drug-likeness (QED) is 0.675. The minimum atomic E-state index is -0.507. The lowest BCUT2D eigenvalue weighted by Crippen LogP contribution is -2.45. The summed E-state index contributed by atoms with van der Waals surface area (Å²) in [5.41, 5.74) is 2.71. The Kier molecular flexibility index (Phi) is 4.01. The normalized spacial score (nSPS) is 16.3. The van der Waals surface area contributed by atoms with Gasteiger partial charge in [-0.3, -0.25) is 9.59 Å². The molecular weight excluding hydrogens is 326 g/mol. The van der Waals surface area contributed by atoms with Gasteiger partial charge in [0.25, 0.3) is 5.91 Å². The van der Waals surface area contributed by atoms with Gasteiger partial charge in [-0.05, 0) is 41.5 Å². The van der Waals surface area contributed by atoms with Crippen LogP contribution in [0.2, 0.25) is 0 Å². The van der Waals surface area contributed by atoms with Crippen LogP contribution in [0, 0.1) is 0 Å². The van der Waals surface area contributed by atoms with Gasteiger partial charge in [0.05, 0.1) is 18.7 Å². The largest absolute Gasteiger partial charge is 0.497 e. The summed E-state index contributed by atoms with van der Waals surface area (Å²) in [6, 6.07) is 23.8. The maximum Gasteiger partial charge on any atom is 0.265 e. The Morgan fingerprint density at radius 1 is 0.808 bits per heavy atom. The van der Waals surface area contributed by atoms with Crippen molar-refractivity contribution in [2.24, 2.45) is 0 Å². The molecule has 0 saturated carbocycles. The Hall–Kier alpha value is -3.40. The number of anilines is 1. The van der Waals surface area contributed by atoms with Crippen LogP contribution in [0.25, 0.3) is 0 Å². The zero-order valence-electron chi connectivity index (χ0n) is 14.3. The average Bonchev–Trinajstić information content (AvgIpc) is 2.69. The summed E-state index contributed by atoms with van der Waals surface area (Å²) in [5, 5.41) is 0. The molecule has 0 N–H and O–H groups in total. The minimum Gasteiger partial charge on any atom is -0.497 e. The van der Waals surface area contributed by atoms with Crippen molar-refractivity contribution in [3.63, 3.8) is 0 Å². The van der Waals surface area contributed by atoms with E-state index in [-0.39, 0.29) is 11.8 Å². The third kappa shape index (κ3) is 2.56. The number of rotatable bonds is 3. The summed E-state index contributed by atoms with van der Waals surface area (Å²) in [6.07, 6.45) is 0. The fourth-order valence-electron chi connectivity index (χ4n) is 3.37. The van der Waals surface area contributed by atoms with Gasteiger partial charge in [0, 0.05) is 5.56 Å². The van der Waals surface area contributed by atoms with Crippen molar-refractivity contribution < 1.29 is 14.3 Å². The van der Waals surface area contributed by atoms with Crippen molar-refractivity contribution in [1.82, 2.24) is 0 Å². The second-order valence-corrected chi connectivity index (χ2v) is 6.11. The van der Waals surface area contributed by atoms with Crippen molar-refractivity contribution in [3.05, 3.63) is 95.6 Å². The van der Waals surface area contributed by atoms with E-state index in [2.05, 4.69) is 0 Å². The van der Waals surface area contributed by atoms with Crippen LogP contribution in [0.3, 0.4) is 0 Å². The molecule has 128 valence electrons. The summed E-state index contributed by atoms with van der Waals surface area (Å²) >= 11 is 0. The molecule has 0 aromatic heterocycles. The molecule has 0 radical (unpaired) electrons. The molecule has 0 saturated heterocycles. The van der Waals surface area contributed by atoms with E-state index in [4.69, 9.17) is 4.74 Å². The lowest BCUT2D eigenvalue weighted by atomic mass is 9.83. The Balaban J connectivity index is 1.87. The smallest absolute Gasteiger partial charge is 0.265 e. The fraction of sp³-hybridized carbons (Fsp3) is 0.0909. The molecule has 1 atom stereocenters. The van der Waals surface area contributed by atoms with Gasteiger partial charge in [0.15, 0.2) is 0 Å². The van der Waals surface area contributed by atoms with Crippen LogP contribution in [0.15, 0.2) is 78.9 Å². The maximum absolute atomic E-state index is 13.3. The number of benzene rings is 3. The first kappa shape index (κ1) is 16.1. The second kappa shape index (κ2) is 6.48. The molecule has 0 bridgehead atoms. The molecule has 26 heavy (non-hydrogen) atoms. The number of methoxy groups -OCH3 is 1.